The molecule has 1 aromatic carbocycles. The number of aromatic amines is 2. The number of H-pyrrole nitrogens is 2. The molecule has 2 aromatic rings. The van der Waals surface area contributed by atoms with E-state index in [2.05, 4.69) is 10.9 Å². The zero-order chi connectivity index (χ0) is 18.4. The van der Waals surface area contributed by atoms with Gasteiger partial charge in [-0.3, -0.25) is 19.9 Å². The fourth-order valence-electron chi connectivity index (χ4n) is 2.01. The summed E-state index contributed by atoms with van der Waals surface area (Å²) in [7, 11) is 1.47. The van der Waals surface area contributed by atoms with Crippen LogP contribution in [-0.4, -0.2) is 28.6 Å². The van der Waals surface area contributed by atoms with Crippen LogP contribution in [0.3, 0.4) is 0 Å². The van der Waals surface area contributed by atoms with Crippen LogP contribution < -0.4 is 20.7 Å². The number of rotatable bonds is 6. The summed E-state index contributed by atoms with van der Waals surface area (Å²) < 4.78 is 10.5. The molecular weight excluding hydrogens is 330 g/mol. The van der Waals surface area contributed by atoms with Crippen molar-refractivity contribution in [2.75, 3.05) is 13.7 Å². The maximum atomic E-state index is 11.6. The largest absolute Gasteiger partial charge is 0.493 e. The fraction of sp³-hybridized carbons (Fsp3) is 0.125. The molecule has 9 heteroatoms. The average molecular weight is 343 g/mol. The lowest BCUT2D eigenvalue weighted by Crippen LogP contribution is -2.25. The first-order valence-electron chi connectivity index (χ1n) is 6.89. The lowest BCUT2D eigenvalue weighted by molar-refractivity contribution is -0.386. The molecule has 0 bridgehead atoms. The van der Waals surface area contributed by atoms with Crippen LogP contribution in [0.5, 0.6) is 11.5 Å². The number of terminal acetylenes is 1. The second-order valence-corrected chi connectivity index (χ2v) is 4.66. The number of hydrogen-bond acceptors (Lipinski definition) is 6. The maximum absolute atomic E-state index is 11.6. The highest BCUT2D eigenvalue weighted by Crippen LogP contribution is 2.28. The summed E-state index contributed by atoms with van der Waals surface area (Å²) in [6, 6.07) is 4.89. The van der Waals surface area contributed by atoms with Gasteiger partial charge in [0.05, 0.1) is 12.0 Å². The van der Waals surface area contributed by atoms with Gasteiger partial charge in [0.25, 0.3) is 0 Å². The van der Waals surface area contributed by atoms with Crippen LogP contribution in [-0.2, 0) is 0 Å². The van der Waals surface area contributed by atoms with Gasteiger partial charge in [-0.25, -0.2) is 4.79 Å². The minimum absolute atomic E-state index is 0.0381. The summed E-state index contributed by atoms with van der Waals surface area (Å²) in [5.74, 6) is 3.18. The van der Waals surface area contributed by atoms with Crippen molar-refractivity contribution in [2.45, 2.75) is 0 Å². The Morgan fingerprint density at radius 3 is 2.68 bits per heavy atom. The first-order chi connectivity index (χ1) is 12.0. The highest BCUT2D eigenvalue weighted by Gasteiger charge is 2.18. The van der Waals surface area contributed by atoms with Crippen molar-refractivity contribution in [1.82, 2.24) is 9.97 Å². The molecule has 0 unspecified atom stereocenters. The van der Waals surface area contributed by atoms with Crippen molar-refractivity contribution in [3.8, 4) is 23.8 Å². The van der Waals surface area contributed by atoms with Gasteiger partial charge in [-0.2, -0.15) is 0 Å². The standard InChI is InChI=1S/C16H13N3O6/c1-3-8-25-13-9-10(5-7-12(13)24-2)4-6-11-14(19(22)23)15(20)18-16(21)17-11/h1,4-7,9H,8H2,2H3,(H2,17,18,20,21)/b6-4+. The van der Waals surface area contributed by atoms with E-state index < -0.39 is 21.9 Å². The lowest BCUT2D eigenvalue weighted by Gasteiger charge is -2.09. The second-order valence-electron chi connectivity index (χ2n) is 4.66. The number of ether oxygens (including phenoxy) is 2. The average Bonchev–Trinajstić information content (AvgIpc) is 2.57. The van der Waals surface area contributed by atoms with Gasteiger partial charge in [-0.05, 0) is 23.8 Å². The monoisotopic (exact) mass is 343 g/mol. The quantitative estimate of drug-likeness (QED) is 0.460. The summed E-state index contributed by atoms with van der Waals surface area (Å²) in [5.41, 5.74) is -2.32. The molecule has 0 spiro atoms. The van der Waals surface area contributed by atoms with Gasteiger partial charge >= 0.3 is 16.9 Å². The molecule has 0 aliphatic rings. The van der Waals surface area contributed by atoms with Crippen LogP contribution in [0.2, 0.25) is 0 Å². The number of nitro groups is 1. The number of aromatic nitrogens is 2. The highest BCUT2D eigenvalue weighted by molar-refractivity contribution is 5.72. The topological polar surface area (TPSA) is 127 Å². The molecule has 1 heterocycles. The number of methoxy groups -OCH3 is 1. The Morgan fingerprint density at radius 1 is 1.28 bits per heavy atom. The summed E-state index contributed by atoms with van der Waals surface area (Å²) in [6.45, 7) is 0.0381. The van der Waals surface area contributed by atoms with E-state index in [0.717, 1.165) is 0 Å². The Balaban J connectivity index is 2.43. The molecule has 2 rings (SSSR count). The zero-order valence-electron chi connectivity index (χ0n) is 13.1. The maximum Gasteiger partial charge on any atom is 0.357 e. The van der Waals surface area contributed by atoms with E-state index in [9.17, 15) is 19.7 Å². The predicted molar refractivity (Wildman–Crippen MR) is 90.6 cm³/mol. The summed E-state index contributed by atoms with van der Waals surface area (Å²) in [6.07, 6.45) is 7.88. The molecule has 2 N–H and O–H groups in total. The molecule has 0 fully saturated rings. The molecular formula is C16H13N3O6. The Hall–Kier alpha value is -3.80. The van der Waals surface area contributed by atoms with Crippen molar-refractivity contribution in [2.24, 2.45) is 0 Å². The summed E-state index contributed by atoms with van der Waals surface area (Å²) in [5, 5.41) is 11.0. The van der Waals surface area contributed by atoms with Crippen LogP contribution >= 0.6 is 0 Å². The van der Waals surface area contributed by atoms with Crippen molar-refractivity contribution >= 4 is 17.8 Å². The summed E-state index contributed by atoms with van der Waals surface area (Å²) in [4.78, 5) is 37.0. The van der Waals surface area contributed by atoms with Gasteiger partial charge in [0.15, 0.2) is 11.5 Å². The molecule has 128 valence electrons. The number of nitrogens with zero attached hydrogens (tertiary/aromatic N) is 1. The third-order valence-electron chi connectivity index (χ3n) is 3.07. The molecule has 0 aliphatic heterocycles. The minimum Gasteiger partial charge on any atom is -0.493 e. The van der Waals surface area contributed by atoms with Gasteiger partial charge in [0.2, 0.25) is 0 Å². The van der Waals surface area contributed by atoms with E-state index in [1.807, 2.05) is 4.98 Å². The van der Waals surface area contributed by atoms with E-state index in [1.54, 1.807) is 18.2 Å². The van der Waals surface area contributed by atoms with Gasteiger partial charge in [-0.15, -0.1) is 6.42 Å². The molecule has 0 saturated carbocycles. The van der Waals surface area contributed by atoms with Crippen LogP contribution in [0.1, 0.15) is 11.3 Å². The van der Waals surface area contributed by atoms with Gasteiger partial charge in [-0.1, -0.05) is 18.1 Å². The Labute approximate surface area is 141 Å². The van der Waals surface area contributed by atoms with Gasteiger partial charge < -0.3 is 14.5 Å². The number of benzene rings is 1. The first-order valence-corrected chi connectivity index (χ1v) is 6.89. The zero-order valence-corrected chi connectivity index (χ0v) is 13.1. The molecule has 0 radical (unpaired) electrons. The molecule has 0 atom stereocenters. The molecule has 9 nitrogen and oxygen atoms in total. The van der Waals surface area contributed by atoms with E-state index in [-0.39, 0.29) is 12.3 Å². The minimum atomic E-state index is -1.08. The van der Waals surface area contributed by atoms with E-state index in [4.69, 9.17) is 15.9 Å². The van der Waals surface area contributed by atoms with Crippen molar-refractivity contribution in [3.05, 3.63) is 60.4 Å². The summed E-state index contributed by atoms with van der Waals surface area (Å²) >= 11 is 0. The predicted octanol–water partition coefficient (Wildman–Crippen LogP) is 1.16. The number of nitrogens with one attached hydrogen (secondary N) is 2. The second kappa shape index (κ2) is 7.65. The Bertz CT molecular complexity index is 981. The Kier molecular flexibility index (Phi) is 5.37. The number of hydrogen-bond donors (Lipinski definition) is 2. The third-order valence-corrected chi connectivity index (χ3v) is 3.07. The lowest BCUT2D eigenvalue weighted by atomic mass is 10.1. The van der Waals surface area contributed by atoms with Crippen molar-refractivity contribution in [1.29, 1.82) is 0 Å². The molecule has 0 amide bonds. The smallest absolute Gasteiger partial charge is 0.357 e. The normalized spacial score (nSPS) is 10.4. The van der Waals surface area contributed by atoms with Crippen LogP contribution in [0.25, 0.3) is 12.2 Å². The van der Waals surface area contributed by atoms with E-state index >= 15 is 0 Å². The van der Waals surface area contributed by atoms with E-state index in [0.29, 0.717) is 17.1 Å². The van der Waals surface area contributed by atoms with Gasteiger partial charge in [0, 0.05) is 0 Å². The van der Waals surface area contributed by atoms with Gasteiger partial charge in [0.1, 0.15) is 12.3 Å². The van der Waals surface area contributed by atoms with E-state index in [1.165, 1.54) is 19.3 Å². The SMILES string of the molecule is C#CCOc1cc(/C=C/c2[nH]c(=O)[nH]c(=O)c2[N+](=O)[O-])ccc1OC. The first kappa shape index (κ1) is 17.6. The fourth-order valence-corrected chi connectivity index (χ4v) is 2.01. The molecule has 1 aromatic heterocycles. The molecule has 0 saturated heterocycles. The van der Waals surface area contributed by atoms with Crippen LogP contribution in [0.4, 0.5) is 5.69 Å². The molecule has 25 heavy (non-hydrogen) atoms. The van der Waals surface area contributed by atoms with Crippen molar-refractivity contribution in [3.63, 3.8) is 0 Å². The highest BCUT2D eigenvalue weighted by atomic mass is 16.6. The van der Waals surface area contributed by atoms with Crippen LogP contribution in [0, 0.1) is 22.5 Å². The van der Waals surface area contributed by atoms with Crippen LogP contribution in [0.15, 0.2) is 27.8 Å². The Morgan fingerprint density at radius 2 is 2.04 bits per heavy atom. The van der Waals surface area contributed by atoms with Crippen molar-refractivity contribution < 1.29 is 14.4 Å². The third kappa shape index (κ3) is 4.14. The molecule has 0 aliphatic carbocycles.